The van der Waals surface area contributed by atoms with E-state index < -0.39 is 11.7 Å². The molecular weight excluding hydrogens is 255 g/mol. The highest BCUT2D eigenvalue weighted by Crippen LogP contribution is 2.29. The van der Waals surface area contributed by atoms with E-state index in [9.17, 15) is 18.3 Å². The van der Waals surface area contributed by atoms with Crippen LogP contribution in [0.15, 0.2) is 24.3 Å². The smallest absolute Gasteiger partial charge is 0.395 e. The van der Waals surface area contributed by atoms with Gasteiger partial charge in [-0.3, -0.25) is 4.90 Å². The van der Waals surface area contributed by atoms with E-state index in [0.29, 0.717) is 6.54 Å². The van der Waals surface area contributed by atoms with Crippen molar-refractivity contribution in [3.63, 3.8) is 0 Å². The van der Waals surface area contributed by atoms with Crippen molar-refractivity contribution in [3.05, 3.63) is 35.4 Å². The van der Waals surface area contributed by atoms with Gasteiger partial charge in [0.05, 0.1) is 12.2 Å². The summed E-state index contributed by atoms with van der Waals surface area (Å²) < 4.78 is 37.4. The zero-order valence-corrected chi connectivity index (χ0v) is 10.7. The molecule has 19 heavy (non-hydrogen) atoms. The third-order valence-electron chi connectivity index (χ3n) is 3.63. The lowest BCUT2D eigenvalue weighted by molar-refractivity contribution is -0.137. The summed E-state index contributed by atoms with van der Waals surface area (Å²) in [6, 6.07) is 5.41. The predicted molar refractivity (Wildman–Crippen MR) is 66.6 cm³/mol. The molecule has 0 bridgehead atoms. The summed E-state index contributed by atoms with van der Waals surface area (Å²) >= 11 is 0. The molecule has 106 valence electrons. The third-order valence-corrected chi connectivity index (χ3v) is 3.63. The largest absolute Gasteiger partial charge is 0.416 e. The number of likely N-dealkylation sites (tertiary alicyclic amines) is 1. The first kappa shape index (κ1) is 14.3. The Balaban J connectivity index is 2.02. The monoisotopic (exact) mass is 273 g/mol. The lowest BCUT2D eigenvalue weighted by Gasteiger charge is -2.34. The Kier molecular flexibility index (Phi) is 4.47. The maximum Gasteiger partial charge on any atom is 0.416 e. The summed E-state index contributed by atoms with van der Waals surface area (Å²) in [4.78, 5) is 2.14. The van der Waals surface area contributed by atoms with Crippen LogP contribution in [0.4, 0.5) is 13.2 Å². The number of aliphatic hydroxyl groups is 1. The van der Waals surface area contributed by atoms with E-state index in [-0.39, 0.29) is 12.6 Å². The van der Waals surface area contributed by atoms with E-state index in [0.717, 1.165) is 43.5 Å². The van der Waals surface area contributed by atoms with Gasteiger partial charge in [0.15, 0.2) is 0 Å². The van der Waals surface area contributed by atoms with Crippen LogP contribution in [-0.2, 0) is 12.7 Å². The zero-order chi connectivity index (χ0) is 13.9. The zero-order valence-electron chi connectivity index (χ0n) is 10.7. The fraction of sp³-hybridized carbons (Fsp3) is 0.571. The first-order valence-electron chi connectivity index (χ1n) is 6.52. The standard InChI is InChI=1S/C14H18F3NO/c15-14(16,17)12-6-4-11(5-7-12)9-18-8-2-1-3-13(18)10-19/h4-7,13,19H,1-3,8-10H2. The molecule has 0 saturated carbocycles. The van der Waals surface area contributed by atoms with Crippen LogP contribution in [0.5, 0.6) is 0 Å². The Hall–Kier alpha value is -1.07. The minimum atomic E-state index is -4.28. The van der Waals surface area contributed by atoms with E-state index in [4.69, 9.17) is 0 Å². The van der Waals surface area contributed by atoms with Gasteiger partial charge in [-0.15, -0.1) is 0 Å². The molecule has 1 aromatic carbocycles. The first-order chi connectivity index (χ1) is 9.00. The molecule has 1 fully saturated rings. The number of rotatable bonds is 3. The molecule has 1 saturated heterocycles. The van der Waals surface area contributed by atoms with Crippen LogP contribution in [0.3, 0.4) is 0 Å². The lowest BCUT2D eigenvalue weighted by Crippen LogP contribution is -2.41. The molecule has 0 aliphatic carbocycles. The van der Waals surface area contributed by atoms with Crippen LogP contribution >= 0.6 is 0 Å². The molecule has 0 aromatic heterocycles. The summed E-state index contributed by atoms with van der Waals surface area (Å²) in [6.45, 7) is 1.61. The van der Waals surface area contributed by atoms with Crippen molar-refractivity contribution < 1.29 is 18.3 Å². The summed E-state index contributed by atoms with van der Waals surface area (Å²) in [7, 11) is 0. The van der Waals surface area contributed by atoms with Gasteiger partial charge in [-0.25, -0.2) is 0 Å². The summed E-state index contributed by atoms with van der Waals surface area (Å²) in [5, 5.41) is 9.30. The average Bonchev–Trinajstić information content (AvgIpc) is 2.39. The maximum absolute atomic E-state index is 12.5. The second-order valence-corrected chi connectivity index (χ2v) is 5.00. The molecule has 1 aliphatic rings. The molecule has 1 heterocycles. The van der Waals surface area contributed by atoms with Gasteiger partial charge in [0.25, 0.3) is 0 Å². The molecule has 2 rings (SSSR count). The Bertz CT molecular complexity index is 402. The van der Waals surface area contributed by atoms with Crippen molar-refractivity contribution in [2.75, 3.05) is 13.2 Å². The number of nitrogens with zero attached hydrogens (tertiary/aromatic N) is 1. The quantitative estimate of drug-likeness (QED) is 0.915. The Morgan fingerprint density at radius 2 is 1.84 bits per heavy atom. The van der Waals surface area contributed by atoms with Gasteiger partial charge in [0.2, 0.25) is 0 Å². The fourth-order valence-corrected chi connectivity index (χ4v) is 2.51. The number of benzene rings is 1. The summed E-state index contributed by atoms with van der Waals surface area (Å²) in [6.07, 6.45) is -1.14. The van der Waals surface area contributed by atoms with Crippen molar-refractivity contribution in [1.82, 2.24) is 4.90 Å². The van der Waals surface area contributed by atoms with Crippen LogP contribution in [0.1, 0.15) is 30.4 Å². The number of alkyl halides is 3. The molecule has 2 nitrogen and oxygen atoms in total. The number of hydrogen-bond donors (Lipinski definition) is 1. The third kappa shape index (κ3) is 3.70. The minimum Gasteiger partial charge on any atom is -0.395 e. The molecule has 0 radical (unpaired) electrons. The molecule has 1 unspecified atom stereocenters. The van der Waals surface area contributed by atoms with E-state index in [2.05, 4.69) is 4.90 Å². The van der Waals surface area contributed by atoms with Gasteiger partial charge in [0.1, 0.15) is 0 Å². The highest BCUT2D eigenvalue weighted by molar-refractivity contribution is 5.24. The Morgan fingerprint density at radius 3 is 2.42 bits per heavy atom. The van der Waals surface area contributed by atoms with Gasteiger partial charge >= 0.3 is 6.18 Å². The second kappa shape index (κ2) is 5.92. The van der Waals surface area contributed by atoms with Crippen molar-refractivity contribution in [2.24, 2.45) is 0 Å². The predicted octanol–water partition coefficient (Wildman–Crippen LogP) is 3.05. The van der Waals surface area contributed by atoms with Gasteiger partial charge in [-0.1, -0.05) is 18.6 Å². The van der Waals surface area contributed by atoms with Gasteiger partial charge < -0.3 is 5.11 Å². The second-order valence-electron chi connectivity index (χ2n) is 5.00. The molecule has 0 amide bonds. The molecule has 5 heteroatoms. The molecule has 1 aromatic rings. The summed E-state index contributed by atoms with van der Waals surface area (Å²) in [5.41, 5.74) is 0.238. The molecule has 1 atom stereocenters. The first-order valence-corrected chi connectivity index (χ1v) is 6.52. The van der Waals surface area contributed by atoms with Crippen LogP contribution < -0.4 is 0 Å². The highest BCUT2D eigenvalue weighted by atomic mass is 19.4. The van der Waals surface area contributed by atoms with E-state index in [1.807, 2.05) is 0 Å². The van der Waals surface area contributed by atoms with Crippen molar-refractivity contribution in [1.29, 1.82) is 0 Å². The van der Waals surface area contributed by atoms with E-state index in [1.165, 1.54) is 12.1 Å². The molecule has 0 spiro atoms. The minimum absolute atomic E-state index is 0.112. The summed E-state index contributed by atoms with van der Waals surface area (Å²) in [5.74, 6) is 0. The SMILES string of the molecule is OCC1CCCCN1Cc1ccc(C(F)(F)F)cc1. The van der Waals surface area contributed by atoms with E-state index >= 15 is 0 Å². The highest BCUT2D eigenvalue weighted by Gasteiger charge is 2.30. The van der Waals surface area contributed by atoms with Crippen LogP contribution in [-0.4, -0.2) is 29.2 Å². The number of halogens is 3. The Labute approximate surface area is 110 Å². The molecule has 1 aliphatic heterocycles. The van der Waals surface area contributed by atoms with Gasteiger partial charge in [-0.05, 0) is 37.1 Å². The van der Waals surface area contributed by atoms with Gasteiger partial charge in [-0.2, -0.15) is 13.2 Å². The average molecular weight is 273 g/mol. The van der Waals surface area contributed by atoms with Crippen molar-refractivity contribution >= 4 is 0 Å². The number of piperidine rings is 1. The van der Waals surface area contributed by atoms with Crippen molar-refractivity contribution in [2.45, 2.75) is 38.0 Å². The van der Waals surface area contributed by atoms with Crippen molar-refractivity contribution in [3.8, 4) is 0 Å². The van der Waals surface area contributed by atoms with Crippen LogP contribution in [0, 0.1) is 0 Å². The maximum atomic E-state index is 12.5. The fourth-order valence-electron chi connectivity index (χ4n) is 2.51. The topological polar surface area (TPSA) is 23.5 Å². The van der Waals surface area contributed by atoms with E-state index in [1.54, 1.807) is 0 Å². The number of hydrogen-bond acceptors (Lipinski definition) is 2. The van der Waals surface area contributed by atoms with Crippen LogP contribution in [0.2, 0.25) is 0 Å². The van der Waals surface area contributed by atoms with Gasteiger partial charge in [0, 0.05) is 12.6 Å². The van der Waals surface area contributed by atoms with Crippen LogP contribution in [0.25, 0.3) is 0 Å². The normalized spacial score (nSPS) is 21.6. The Morgan fingerprint density at radius 1 is 1.16 bits per heavy atom. The lowest BCUT2D eigenvalue weighted by atomic mass is 10.0. The molecular formula is C14H18F3NO. The molecule has 1 N–H and O–H groups in total. The number of aliphatic hydroxyl groups excluding tert-OH is 1.